The lowest BCUT2D eigenvalue weighted by Gasteiger charge is -2.04. The number of aromatic nitrogens is 6. The van der Waals surface area contributed by atoms with Crippen LogP contribution >= 0.6 is 24.0 Å². The minimum absolute atomic E-state index is 0. The van der Waals surface area contributed by atoms with Gasteiger partial charge in [-0.05, 0) is 78.3 Å². The summed E-state index contributed by atoms with van der Waals surface area (Å²) in [5, 5.41) is 17.2. The third kappa shape index (κ3) is 9.02. The number of hydrogen-bond donors (Lipinski definition) is 1. The first kappa shape index (κ1) is 39.5. The number of hydrogen-bond acceptors (Lipinski definition) is 11. The Bertz CT molecular complexity index is 2880. The molecule has 3 aromatic carbocycles. The molecule has 0 fully saturated rings. The maximum Gasteiger partial charge on any atom is 0.193 e. The standard InChI is InChI=1S/C13H9ClN2O2.C13H9N5O2.C13H11N3O2.ClH/c14-8-10-7-12(17)11-6-9(2-3-13(11)18-10)16-5-1-4-15-16;14-17-15-8-10-7-12(19)11-6-9(2-3-13(11)20-10)18-5-1-4-16-18;14-8-10-7-12(17)11-6-9(2-3-13(11)18-10)16-5-1-4-15-16;/h1-7H,8H2;1-7H,8H2;1-7H,8,14H2;1H. The minimum atomic E-state index is -0.177. The third-order valence-corrected chi connectivity index (χ3v) is 8.48. The van der Waals surface area contributed by atoms with Gasteiger partial charge in [-0.3, -0.25) is 14.4 Å². The zero-order valence-corrected chi connectivity index (χ0v) is 31.2. The fraction of sp³-hybridized carbons (Fsp3) is 0.0769. The summed E-state index contributed by atoms with van der Waals surface area (Å²) in [4.78, 5) is 38.6. The van der Waals surface area contributed by atoms with Gasteiger partial charge >= 0.3 is 0 Å². The molecular weight excluding hydrogens is 775 g/mol. The Kier molecular flexibility index (Phi) is 12.4. The Balaban J connectivity index is 0.000000144. The molecule has 0 aliphatic heterocycles. The fourth-order valence-corrected chi connectivity index (χ4v) is 5.75. The van der Waals surface area contributed by atoms with Gasteiger partial charge in [0.05, 0.1) is 52.2 Å². The zero-order chi connectivity index (χ0) is 39.0. The van der Waals surface area contributed by atoms with Crippen molar-refractivity contribution in [3.05, 3.63) is 187 Å². The molecule has 16 nitrogen and oxygen atoms in total. The first-order valence-corrected chi connectivity index (χ1v) is 17.3. The van der Waals surface area contributed by atoms with Crippen LogP contribution in [0.15, 0.2) is 161 Å². The number of fused-ring (bicyclic) bond motifs is 3. The summed E-state index contributed by atoms with van der Waals surface area (Å²) in [5.74, 6) is 1.49. The molecule has 9 aromatic rings. The van der Waals surface area contributed by atoms with E-state index >= 15 is 0 Å². The zero-order valence-electron chi connectivity index (χ0n) is 29.6. The van der Waals surface area contributed by atoms with Crippen LogP contribution in [0.5, 0.6) is 0 Å². The second kappa shape index (κ2) is 17.9. The maximum atomic E-state index is 12.1. The molecule has 2 N–H and O–H groups in total. The second-order valence-electron chi connectivity index (χ2n) is 11.9. The summed E-state index contributed by atoms with van der Waals surface area (Å²) in [5.41, 5.74) is 17.3. The molecule has 9 rings (SSSR count). The monoisotopic (exact) mass is 804 g/mol. The van der Waals surface area contributed by atoms with E-state index in [0.717, 1.165) is 17.1 Å². The van der Waals surface area contributed by atoms with Gasteiger partial charge in [-0.2, -0.15) is 15.3 Å². The highest BCUT2D eigenvalue weighted by atomic mass is 35.5. The van der Waals surface area contributed by atoms with Crippen LogP contribution in [0, 0.1) is 0 Å². The molecule has 286 valence electrons. The SMILES string of the molecule is Cl.NCc1cc(=O)c2cc(-n3cccn3)ccc2o1.O=c1cc(CCl)oc2ccc(-n3cccn3)cc12.[N-]=[N+]=NCc1cc(=O)c2cc(-n3cccn3)ccc2o1. The molecule has 0 aliphatic rings. The van der Waals surface area contributed by atoms with Crippen molar-refractivity contribution in [2.24, 2.45) is 10.8 Å². The fourth-order valence-electron chi connectivity index (χ4n) is 5.62. The molecule has 6 aromatic heterocycles. The smallest absolute Gasteiger partial charge is 0.193 e. The molecule has 18 heteroatoms. The average Bonchev–Trinajstić information content (AvgIpc) is 4.06. The Hall–Kier alpha value is -7.23. The maximum absolute atomic E-state index is 12.1. The van der Waals surface area contributed by atoms with Crippen molar-refractivity contribution in [2.75, 3.05) is 0 Å². The van der Waals surface area contributed by atoms with E-state index in [1.54, 1.807) is 87.4 Å². The minimum Gasteiger partial charge on any atom is -0.461 e. The first-order chi connectivity index (χ1) is 27.3. The highest BCUT2D eigenvalue weighted by Crippen LogP contribution is 2.20. The number of halogens is 2. The van der Waals surface area contributed by atoms with Crippen molar-refractivity contribution in [3.8, 4) is 17.1 Å². The number of rotatable bonds is 7. The lowest BCUT2D eigenvalue weighted by molar-refractivity contribution is 0.538. The number of nitrogens with zero attached hydrogens (tertiary/aromatic N) is 9. The largest absolute Gasteiger partial charge is 0.461 e. The average molecular weight is 806 g/mol. The van der Waals surface area contributed by atoms with Gasteiger partial charge in [-0.15, -0.1) is 24.0 Å². The second-order valence-corrected chi connectivity index (χ2v) is 12.1. The van der Waals surface area contributed by atoms with E-state index in [1.165, 1.54) is 18.2 Å². The summed E-state index contributed by atoms with van der Waals surface area (Å²) >= 11 is 5.67. The molecule has 0 bridgehead atoms. The number of alkyl halides is 1. The predicted molar refractivity (Wildman–Crippen MR) is 216 cm³/mol. The molecule has 0 saturated heterocycles. The van der Waals surface area contributed by atoms with E-state index < -0.39 is 0 Å². The molecule has 0 saturated carbocycles. The molecule has 0 aliphatic carbocycles. The lowest BCUT2D eigenvalue weighted by atomic mass is 10.2. The summed E-state index contributed by atoms with van der Waals surface area (Å²) in [6, 6.07) is 25.6. The van der Waals surface area contributed by atoms with Crippen molar-refractivity contribution in [3.63, 3.8) is 0 Å². The third-order valence-electron chi connectivity index (χ3n) is 8.21. The van der Waals surface area contributed by atoms with Crippen LogP contribution < -0.4 is 22.0 Å². The Morgan fingerprint density at radius 1 is 0.614 bits per heavy atom. The molecule has 0 atom stereocenters. The molecule has 0 radical (unpaired) electrons. The Labute approximate surface area is 332 Å². The van der Waals surface area contributed by atoms with Crippen molar-refractivity contribution in [1.29, 1.82) is 0 Å². The summed E-state index contributed by atoms with van der Waals surface area (Å²) < 4.78 is 21.6. The van der Waals surface area contributed by atoms with Crippen LogP contribution in [0.3, 0.4) is 0 Å². The quantitative estimate of drug-likeness (QED) is 0.0730. The van der Waals surface area contributed by atoms with Crippen LogP contribution in [0.25, 0.3) is 60.4 Å². The number of azide groups is 1. The van der Waals surface area contributed by atoms with E-state index in [2.05, 4.69) is 25.3 Å². The first-order valence-electron chi connectivity index (χ1n) is 16.8. The van der Waals surface area contributed by atoms with E-state index in [0.29, 0.717) is 50.2 Å². The molecular formula is C39H30Cl2N10O6. The molecule has 0 unspecified atom stereocenters. The summed E-state index contributed by atoms with van der Waals surface area (Å²) in [6.07, 6.45) is 10.5. The van der Waals surface area contributed by atoms with Crippen LogP contribution in [-0.4, -0.2) is 29.3 Å². The topological polar surface area (TPSA) is 219 Å². The van der Waals surface area contributed by atoms with Crippen LogP contribution in [0.2, 0.25) is 0 Å². The molecule has 6 heterocycles. The van der Waals surface area contributed by atoms with Gasteiger partial charge in [0.2, 0.25) is 0 Å². The highest BCUT2D eigenvalue weighted by molar-refractivity contribution is 6.16. The Morgan fingerprint density at radius 3 is 1.37 bits per heavy atom. The van der Waals surface area contributed by atoms with Gasteiger partial charge in [-0.25, -0.2) is 14.0 Å². The van der Waals surface area contributed by atoms with Gasteiger partial charge in [0.15, 0.2) is 16.3 Å². The van der Waals surface area contributed by atoms with Gasteiger partial charge < -0.3 is 19.0 Å². The molecule has 57 heavy (non-hydrogen) atoms. The normalized spacial score (nSPS) is 10.6. The predicted octanol–water partition coefficient (Wildman–Crippen LogP) is 7.37. The van der Waals surface area contributed by atoms with Crippen LogP contribution in [-0.2, 0) is 19.0 Å². The number of nitrogens with two attached hydrogens (primary N) is 1. The van der Waals surface area contributed by atoms with Crippen LogP contribution in [0.4, 0.5) is 0 Å². The lowest BCUT2D eigenvalue weighted by Crippen LogP contribution is -2.06. The number of benzene rings is 3. The summed E-state index contributed by atoms with van der Waals surface area (Å²) in [7, 11) is 0. The van der Waals surface area contributed by atoms with Gasteiger partial charge in [0, 0.05) is 60.3 Å². The van der Waals surface area contributed by atoms with E-state index in [9.17, 15) is 14.4 Å². The highest BCUT2D eigenvalue weighted by Gasteiger charge is 2.09. The van der Waals surface area contributed by atoms with E-state index in [4.69, 9.17) is 36.1 Å². The Morgan fingerprint density at radius 2 is 1.00 bits per heavy atom. The molecule has 0 spiro atoms. The summed E-state index contributed by atoms with van der Waals surface area (Å²) in [6.45, 7) is 0.231. The van der Waals surface area contributed by atoms with Gasteiger partial charge in [0.1, 0.15) is 34.0 Å². The molecule has 0 amide bonds. The van der Waals surface area contributed by atoms with Crippen molar-refractivity contribution < 1.29 is 13.3 Å². The van der Waals surface area contributed by atoms with E-state index in [1.807, 2.05) is 36.7 Å². The van der Waals surface area contributed by atoms with Gasteiger partial charge in [0.25, 0.3) is 0 Å². The van der Waals surface area contributed by atoms with Crippen molar-refractivity contribution >= 4 is 56.9 Å². The van der Waals surface area contributed by atoms with Crippen molar-refractivity contribution in [2.45, 2.75) is 19.0 Å². The van der Waals surface area contributed by atoms with Crippen LogP contribution in [0.1, 0.15) is 17.3 Å². The van der Waals surface area contributed by atoms with Crippen molar-refractivity contribution in [1.82, 2.24) is 29.3 Å². The van der Waals surface area contributed by atoms with Gasteiger partial charge in [-0.1, -0.05) is 5.11 Å². The van der Waals surface area contributed by atoms with E-state index in [-0.39, 0.29) is 47.7 Å².